The minimum atomic E-state index is -3.68. The summed E-state index contributed by atoms with van der Waals surface area (Å²) in [5.41, 5.74) is 3.73. The third-order valence-corrected chi connectivity index (χ3v) is 5.75. The van der Waals surface area contributed by atoms with Crippen LogP contribution in [-0.4, -0.2) is 19.2 Å². The molecule has 1 aromatic heterocycles. The van der Waals surface area contributed by atoms with Gasteiger partial charge in [-0.3, -0.25) is 9.52 Å². The average Bonchev–Trinajstić information content (AvgIpc) is 2.65. The molecular formula is C21H21N3O3S. The highest BCUT2D eigenvalue weighted by Crippen LogP contribution is 2.21. The van der Waals surface area contributed by atoms with E-state index in [1.54, 1.807) is 54.6 Å². The van der Waals surface area contributed by atoms with Crippen LogP contribution in [0.15, 0.2) is 65.7 Å². The number of carbonyl (C=O) groups excluding carboxylic acids is 1. The maximum atomic E-state index is 12.5. The predicted molar refractivity (Wildman–Crippen MR) is 111 cm³/mol. The molecule has 0 amide bonds. The molecule has 0 unspecified atom stereocenters. The van der Waals surface area contributed by atoms with Gasteiger partial charge in [0.15, 0.2) is 5.78 Å². The number of rotatable bonds is 6. The van der Waals surface area contributed by atoms with Gasteiger partial charge in [-0.25, -0.2) is 13.4 Å². The van der Waals surface area contributed by atoms with E-state index in [4.69, 9.17) is 0 Å². The number of pyridine rings is 1. The van der Waals surface area contributed by atoms with E-state index in [0.717, 1.165) is 16.8 Å². The van der Waals surface area contributed by atoms with E-state index in [9.17, 15) is 13.2 Å². The van der Waals surface area contributed by atoms with Gasteiger partial charge in [-0.15, -0.1) is 0 Å². The number of aromatic nitrogens is 1. The fraction of sp³-hybridized carbons (Fsp3) is 0.143. The Kier molecular flexibility index (Phi) is 5.46. The first-order valence-corrected chi connectivity index (χ1v) is 10.2. The number of benzene rings is 2. The number of carbonyl (C=O) groups is 1. The molecule has 0 spiro atoms. The van der Waals surface area contributed by atoms with Gasteiger partial charge in [0.25, 0.3) is 10.0 Å². The molecule has 144 valence electrons. The minimum absolute atomic E-state index is 0.00471. The lowest BCUT2D eigenvalue weighted by Crippen LogP contribution is -2.13. The molecule has 0 aliphatic carbocycles. The standard InChI is InChI=1S/C21H21N3O3S/c1-14-4-10-20(12-15(14)2)28(26,27)24-19-9-11-21(22-13-19)23-18-7-5-17(6-8-18)16(3)25/h4-13,24H,1-3H3,(H,22,23). The number of hydrogen-bond acceptors (Lipinski definition) is 5. The molecule has 6 nitrogen and oxygen atoms in total. The molecule has 7 heteroatoms. The van der Waals surface area contributed by atoms with E-state index < -0.39 is 10.0 Å². The van der Waals surface area contributed by atoms with Crippen molar-refractivity contribution in [2.45, 2.75) is 25.7 Å². The lowest BCUT2D eigenvalue weighted by molar-refractivity contribution is 0.101. The van der Waals surface area contributed by atoms with Gasteiger partial charge in [-0.1, -0.05) is 6.07 Å². The molecule has 0 fully saturated rings. The topological polar surface area (TPSA) is 88.2 Å². The largest absolute Gasteiger partial charge is 0.340 e. The van der Waals surface area contributed by atoms with Gasteiger partial charge in [0.05, 0.1) is 16.8 Å². The summed E-state index contributed by atoms with van der Waals surface area (Å²) in [6, 6.07) is 15.4. The Labute approximate surface area is 164 Å². The van der Waals surface area contributed by atoms with Crippen molar-refractivity contribution in [1.82, 2.24) is 4.98 Å². The van der Waals surface area contributed by atoms with Crippen molar-refractivity contribution in [2.24, 2.45) is 0 Å². The van der Waals surface area contributed by atoms with E-state index >= 15 is 0 Å². The smallest absolute Gasteiger partial charge is 0.261 e. The summed E-state index contributed by atoms with van der Waals surface area (Å²) < 4.78 is 27.6. The highest BCUT2D eigenvalue weighted by atomic mass is 32.2. The molecule has 0 saturated heterocycles. The summed E-state index contributed by atoms with van der Waals surface area (Å²) in [6.07, 6.45) is 1.45. The fourth-order valence-corrected chi connectivity index (χ4v) is 3.69. The number of anilines is 3. The normalized spacial score (nSPS) is 11.1. The summed E-state index contributed by atoms with van der Waals surface area (Å²) in [7, 11) is -3.68. The molecule has 0 aliphatic heterocycles. The van der Waals surface area contributed by atoms with Crippen molar-refractivity contribution in [3.8, 4) is 0 Å². The molecular weight excluding hydrogens is 374 g/mol. The SMILES string of the molecule is CC(=O)c1ccc(Nc2ccc(NS(=O)(=O)c3ccc(C)c(C)c3)cn2)cc1. The Balaban J connectivity index is 1.71. The number of nitrogens with one attached hydrogen (secondary N) is 2. The van der Waals surface area contributed by atoms with E-state index in [1.807, 2.05) is 13.8 Å². The Morgan fingerprint density at radius 3 is 2.14 bits per heavy atom. The summed E-state index contributed by atoms with van der Waals surface area (Å²) in [5, 5.41) is 3.11. The van der Waals surface area contributed by atoms with Crippen molar-refractivity contribution in [3.63, 3.8) is 0 Å². The van der Waals surface area contributed by atoms with Crippen molar-refractivity contribution in [1.29, 1.82) is 0 Å². The molecule has 2 N–H and O–H groups in total. The van der Waals surface area contributed by atoms with Crippen LogP contribution in [0.1, 0.15) is 28.4 Å². The Morgan fingerprint density at radius 1 is 0.893 bits per heavy atom. The number of hydrogen-bond donors (Lipinski definition) is 2. The van der Waals surface area contributed by atoms with Crippen LogP contribution in [0.4, 0.5) is 17.2 Å². The van der Waals surface area contributed by atoms with Crippen LogP contribution < -0.4 is 10.0 Å². The number of Topliss-reactive ketones (excluding diaryl/α,β-unsaturated/α-hetero) is 1. The zero-order valence-electron chi connectivity index (χ0n) is 15.9. The first-order valence-electron chi connectivity index (χ1n) is 8.69. The second kappa shape index (κ2) is 7.82. The zero-order chi connectivity index (χ0) is 20.3. The van der Waals surface area contributed by atoms with Gasteiger partial charge in [0.2, 0.25) is 0 Å². The summed E-state index contributed by atoms with van der Waals surface area (Å²) in [6.45, 7) is 5.32. The molecule has 1 heterocycles. The molecule has 3 aromatic rings. The van der Waals surface area contributed by atoms with Gasteiger partial charge in [0, 0.05) is 11.3 Å². The average molecular weight is 395 g/mol. The molecule has 0 saturated carbocycles. The second-order valence-corrected chi connectivity index (χ2v) is 8.22. The Bertz CT molecular complexity index is 1110. The highest BCUT2D eigenvalue weighted by molar-refractivity contribution is 7.92. The lowest BCUT2D eigenvalue weighted by atomic mass is 10.1. The quantitative estimate of drug-likeness (QED) is 0.602. The lowest BCUT2D eigenvalue weighted by Gasteiger charge is -2.11. The van der Waals surface area contributed by atoms with E-state index in [0.29, 0.717) is 17.1 Å². The van der Waals surface area contributed by atoms with Crippen molar-refractivity contribution in [3.05, 3.63) is 77.5 Å². The summed E-state index contributed by atoms with van der Waals surface area (Å²) in [4.78, 5) is 15.8. The van der Waals surface area contributed by atoms with Gasteiger partial charge in [-0.2, -0.15) is 0 Å². The van der Waals surface area contributed by atoms with E-state index in [1.165, 1.54) is 13.1 Å². The van der Waals surface area contributed by atoms with Crippen LogP contribution in [-0.2, 0) is 10.0 Å². The summed E-state index contributed by atoms with van der Waals surface area (Å²) in [5.74, 6) is 0.565. The van der Waals surface area contributed by atoms with Crippen LogP contribution in [0.3, 0.4) is 0 Å². The fourth-order valence-electron chi connectivity index (χ4n) is 2.56. The third-order valence-electron chi connectivity index (χ3n) is 4.37. The number of nitrogens with zero attached hydrogens (tertiary/aromatic N) is 1. The molecule has 0 radical (unpaired) electrons. The maximum Gasteiger partial charge on any atom is 0.261 e. The molecule has 28 heavy (non-hydrogen) atoms. The molecule has 0 bridgehead atoms. The van der Waals surface area contributed by atoms with Crippen molar-refractivity contribution >= 4 is 33.0 Å². The van der Waals surface area contributed by atoms with Crippen LogP contribution >= 0.6 is 0 Å². The molecule has 0 atom stereocenters. The van der Waals surface area contributed by atoms with Gasteiger partial charge < -0.3 is 5.32 Å². The van der Waals surface area contributed by atoms with Crippen molar-refractivity contribution in [2.75, 3.05) is 10.0 Å². The third kappa shape index (κ3) is 4.55. The second-order valence-electron chi connectivity index (χ2n) is 6.54. The van der Waals surface area contributed by atoms with E-state index in [-0.39, 0.29) is 10.7 Å². The van der Waals surface area contributed by atoms with Crippen LogP contribution in [0.25, 0.3) is 0 Å². The first-order chi connectivity index (χ1) is 13.2. The number of sulfonamides is 1. The molecule has 3 rings (SSSR count). The highest BCUT2D eigenvalue weighted by Gasteiger charge is 2.15. The maximum absolute atomic E-state index is 12.5. The van der Waals surface area contributed by atoms with Crippen molar-refractivity contribution < 1.29 is 13.2 Å². The van der Waals surface area contributed by atoms with Gasteiger partial charge in [0.1, 0.15) is 5.82 Å². The van der Waals surface area contributed by atoms with E-state index in [2.05, 4.69) is 15.0 Å². The Morgan fingerprint density at radius 2 is 1.57 bits per heavy atom. The van der Waals surface area contributed by atoms with Crippen LogP contribution in [0.5, 0.6) is 0 Å². The Hall–Kier alpha value is -3.19. The first kappa shape index (κ1) is 19.6. The molecule has 0 aliphatic rings. The zero-order valence-corrected chi connectivity index (χ0v) is 16.7. The van der Waals surface area contributed by atoms with Crippen LogP contribution in [0, 0.1) is 13.8 Å². The van der Waals surface area contributed by atoms with Gasteiger partial charge >= 0.3 is 0 Å². The van der Waals surface area contributed by atoms with Crippen LogP contribution in [0.2, 0.25) is 0 Å². The number of aryl methyl sites for hydroxylation is 2. The van der Waals surface area contributed by atoms with Gasteiger partial charge in [-0.05, 0) is 80.4 Å². The monoisotopic (exact) mass is 395 g/mol. The number of ketones is 1. The molecule has 2 aromatic carbocycles. The predicted octanol–water partition coefficient (Wildman–Crippen LogP) is 4.45. The summed E-state index contributed by atoms with van der Waals surface area (Å²) >= 11 is 0. The minimum Gasteiger partial charge on any atom is -0.340 e.